The zero-order valence-corrected chi connectivity index (χ0v) is 9.95. The molecule has 0 aliphatic heterocycles. The van der Waals surface area contributed by atoms with Crippen molar-refractivity contribution in [2.75, 3.05) is 5.32 Å². The van der Waals surface area contributed by atoms with Crippen molar-refractivity contribution in [1.29, 1.82) is 0 Å². The highest BCUT2D eigenvalue weighted by Gasteiger charge is 2.08. The number of aromatic amines is 1. The summed E-state index contributed by atoms with van der Waals surface area (Å²) < 4.78 is 26.6. The molecule has 1 heterocycles. The summed E-state index contributed by atoms with van der Waals surface area (Å²) in [5.74, 6) is -1.65. The van der Waals surface area contributed by atoms with Crippen LogP contribution in [-0.4, -0.2) is 10.2 Å². The van der Waals surface area contributed by atoms with Gasteiger partial charge < -0.3 is 5.32 Å². The van der Waals surface area contributed by atoms with E-state index in [2.05, 4.69) is 15.5 Å². The van der Waals surface area contributed by atoms with Crippen molar-refractivity contribution in [2.24, 2.45) is 0 Å². The first-order valence-electron chi connectivity index (χ1n) is 5.84. The molecule has 3 aromatic rings. The second-order valence-corrected chi connectivity index (χ2v) is 4.21. The van der Waals surface area contributed by atoms with Crippen LogP contribution in [0.5, 0.6) is 0 Å². The second-order valence-electron chi connectivity index (χ2n) is 4.21. The van der Waals surface area contributed by atoms with E-state index in [4.69, 9.17) is 0 Å². The van der Waals surface area contributed by atoms with Gasteiger partial charge in [0.15, 0.2) is 11.6 Å². The van der Waals surface area contributed by atoms with Crippen LogP contribution in [0.4, 0.5) is 14.5 Å². The molecule has 0 bridgehead atoms. The summed E-state index contributed by atoms with van der Waals surface area (Å²) in [6.07, 6.45) is 1.71. The molecule has 3 rings (SSSR count). The highest BCUT2D eigenvalue weighted by molar-refractivity contribution is 5.89. The van der Waals surface area contributed by atoms with E-state index in [1.807, 2.05) is 18.2 Å². The van der Waals surface area contributed by atoms with E-state index in [9.17, 15) is 8.78 Å². The first-order valence-corrected chi connectivity index (χ1v) is 5.84. The standard InChI is InChI=1S/C14H11F2N3/c15-11-5-1-3-9(13(11)16)7-17-12-6-2-4-10-8-18-19-14(10)12/h1-6,8,17H,7H2,(H,18,19). The molecule has 0 saturated carbocycles. The Balaban J connectivity index is 1.86. The molecule has 0 unspecified atom stereocenters. The summed E-state index contributed by atoms with van der Waals surface area (Å²) in [6.45, 7) is 0.210. The Labute approximate surface area is 108 Å². The van der Waals surface area contributed by atoms with Gasteiger partial charge in [-0.05, 0) is 12.1 Å². The topological polar surface area (TPSA) is 40.7 Å². The van der Waals surface area contributed by atoms with Gasteiger partial charge in [-0.15, -0.1) is 0 Å². The number of H-pyrrole nitrogens is 1. The smallest absolute Gasteiger partial charge is 0.163 e. The maximum absolute atomic E-state index is 13.5. The van der Waals surface area contributed by atoms with E-state index >= 15 is 0 Å². The lowest BCUT2D eigenvalue weighted by atomic mass is 10.2. The first kappa shape index (κ1) is 11.6. The fourth-order valence-corrected chi connectivity index (χ4v) is 1.99. The minimum atomic E-state index is -0.834. The summed E-state index contributed by atoms with van der Waals surface area (Å²) >= 11 is 0. The molecular weight excluding hydrogens is 248 g/mol. The van der Waals surface area contributed by atoms with Crippen LogP contribution in [0.15, 0.2) is 42.6 Å². The Kier molecular flexibility index (Phi) is 2.87. The lowest BCUT2D eigenvalue weighted by Crippen LogP contribution is -2.03. The van der Waals surface area contributed by atoms with Gasteiger partial charge in [0.1, 0.15) is 0 Å². The number of para-hydroxylation sites is 1. The molecule has 0 radical (unpaired) electrons. The summed E-state index contributed by atoms with van der Waals surface area (Å²) in [5.41, 5.74) is 1.94. The molecule has 0 amide bonds. The quantitative estimate of drug-likeness (QED) is 0.756. The van der Waals surface area contributed by atoms with Crippen molar-refractivity contribution in [2.45, 2.75) is 6.54 Å². The number of benzene rings is 2. The Hall–Kier alpha value is -2.43. The van der Waals surface area contributed by atoms with Crippen molar-refractivity contribution in [3.8, 4) is 0 Å². The molecule has 0 spiro atoms. The van der Waals surface area contributed by atoms with Crippen molar-refractivity contribution in [3.05, 3.63) is 59.8 Å². The number of anilines is 1. The van der Waals surface area contributed by atoms with E-state index in [0.29, 0.717) is 0 Å². The SMILES string of the molecule is Fc1cccc(CNc2cccc3cn[nH]c23)c1F. The number of halogens is 2. The van der Waals surface area contributed by atoms with Crippen molar-refractivity contribution >= 4 is 16.6 Å². The Morgan fingerprint density at radius 2 is 1.95 bits per heavy atom. The fraction of sp³-hybridized carbons (Fsp3) is 0.0714. The van der Waals surface area contributed by atoms with Gasteiger partial charge in [-0.1, -0.05) is 24.3 Å². The molecule has 2 N–H and O–H groups in total. The number of nitrogens with one attached hydrogen (secondary N) is 2. The van der Waals surface area contributed by atoms with Crippen molar-refractivity contribution in [1.82, 2.24) is 10.2 Å². The van der Waals surface area contributed by atoms with Gasteiger partial charge in [0, 0.05) is 17.5 Å². The highest BCUT2D eigenvalue weighted by Crippen LogP contribution is 2.21. The Bertz CT molecular complexity index is 722. The zero-order chi connectivity index (χ0) is 13.2. The number of hydrogen-bond donors (Lipinski definition) is 2. The minimum Gasteiger partial charge on any atom is -0.379 e. The third-order valence-corrected chi connectivity index (χ3v) is 2.98. The maximum Gasteiger partial charge on any atom is 0.163 e. The van der Waals surface area contributed by atoms with Gasteiger partial charge in [0.2, 0.25) is 0 Å². The van der Waals surface area contributed by atoms with Gasteiger partial charge in [-0.25, -0.2) is 8.78 Å². The van der Waals surface area contributed by atoms with Crippen LogP contribution in [0.1, 0.15) is 5.56 Å². The zero-order valence-electron chi connectivity index (χ0n) is 9.95. The lowest BCUT2D eigenvalue weighted by molar-refractivity contribution is 0.500. The second kappa shape index (κ2) is 4.68. The van der Waals surface area contributed by atoms with Crippen LogP contribution in [-0.2, 0) is 6.54 Å². The number of aromatic nitrogens is 2. The maximum atomic E-state index is 13.5. The predicted molar refractivity (Wildman–Crippen MR) is 69.8 cm³/mol. The first-order chi connectivity index (χ1) is 9.25. The summed E-state index contributed by atoms with van der Waals surface area (Å²) in [7, 11) is 0. The van der Waals surface area contributed by atoms with Gasteiger partial charge in [-0.3, -0.25) is 5.10 Å². The van der Waals surface area contributed by atoms with Crippen LogP contribution in [0.3, 0.4) is 0 Å². The molecule has 0 atom stereocenters. The third kappa shape index (κ3) is 2.14. The van der Waals surface area contributed by atoms with Gasteiger partial charge in [0.05, 0.1) is 17.4 Å². The van der Waals surface area contributed by atoms with E-state index in [1.54, 1.807) is 12.3 Å². The van der Waals surface area contributed by atoms with E-state index < -0.39 is 11.6 Å². The average molecular weight is 259 g/mol. The van der Waals surface area contributed by atoms with Gasteiger partial charge >= 0.3 is 0 Å². The molecule has 1 aromatic heterocycles. The number of fused-ring (bicyclic) bond motifs is 1. The fourth-order valence-electron chi connectivity index (χ4n) is 1.99. The molecule has 5 heteroatoms. The molecule has 3 nitrogen and oxygen atoms in total. The van der Waals surface area contributed by atoms with Crippen LogP contribution in [0.25, 0.3) is 10.9 Å². The molecule has 2 aromatic carbocycles. The van der Waals surface area contributed by atoms with Gasteiger partial charge in [0.25, 0.3) is 0 Å². The van der Waals surface area contributed by atoms with Crippen LogP contribution < -0.4 is 5.32 Å². The highest BCUT2D eigenvalue weighted by atomic mass is 19.2. The lowest BCUT2D eigenvalue weighted by Gasteiger charge is -2.08. The molecule has 96 valence electrons. The third-order valence-electron chi connectivity index (χ3n) is 2.98. The summed E-state index contributed by atoms with van der Waals surface area (Å²) in [6, 6.07) is 9.81. The molecule has 0 aliphatic carbocycles. The molecule has 0 saturated heterocycles. The van der Waals surface area contributed by atoms with Gasteiger partial charge in [-0.2, -0.15) is 5.10 Å². The summed E-state index contributed by atoms with van der Waals surface area (Å²) in [4.78, 5) is 0. The molecular formula is C14H11F2N3. The monoisotopic (exact) mass is 259 g/mol. The van der Waals surface area contributed by atoms with Crippen LogP contribution in [0.2, 0.25) is 0 Å². The van der Waals surface area contributed by atoms with Crippen molar-refractivity contribution in [3.63, 3.8) is 0 Å². The average Bonchev–Trinajstić information content (AvgIpc) is 2.89. The normalized spacial score (nSPS) is 10.8. The Morgan fingerprint density at radius 3 is 2.84 bits per heavy atom. The van der Waals surface area contributed by atoms with E-state index in [-0.39, 0.29) is 12.1 Å². The predicted octanol–water partition coefficient (Wildman–Crippen LogP) is 3.45. The summed E-state index contributed by atoms with van der Waals surface area (Å²) in [5, 5.41) is 10.9. The minimum absolute atomic E-state index is 0.210. The Morgan fingerprint density at radius 1 is 1.11 bits per heavy atom. The number of hydrogen-bond acceptors (Lipinski definition) is 2. The number of rotatable bonds is 3. The van der Waals surface area contributed by atoms with Crippen LogP contribution in [0, 0.1) is 11.6 Å². The number of nitrogens with zero attached hydrogens (tertiary/aromatic N) is 1. The molecule has 19 heavy (non-hydrogen) atoms. The van der Waals surface area contributed by atoms with Crippen LogP contribution >= 0.6 is 0 Å². The van der Waals surface area contributed by atoms with E-state index in [1.165, 1.54) is 6.07 Å². The largest absolute Gasteiger partial charge is 0.379 e. The van der Waals surface area contributed by atoms with Crippen molar-refractivity contribution < 1.29 is 8.78 Å². The molecule has 0 fully saturated rings. The molecule has 0 aliphatic rings. The van der Waals surface area contributed by atoms with E-state index in [0.717, 1.165) is 22.7 Å².